The molecule has 128 valence electrons. The van der Waals surface area contributed by atoms with Gasteiger partial charge in [0.25, 0.3) is 0 Å². The molecule has 0 unspecified atom stereocenters. The Bertz CT molecular complexity index is 795. The van der Waals surface area contributed by atoms with E-state index in [1.54, 1.807) is 25.2 Å². The Labute approximate surface area is 144 Å². The molecule has 7 nitrogen and oxygen atoms in total. The number of rotatable bonds is 4. The maximum atomic E-state index is 12.7. The van der Waals surface area contributed by atoms with Crippen LogP contribution >= 0.6 is 11.3 Å². The predicted octanol–water partition coefficient (Wildman–Crippen LogP) is 3.14. The van der Waals surface area contributed by atoms with Crippen LogP contribution in [0.1, 0.15) is 40.0 Å². The molecule has 1 saturated heterocycles. The van der Waals surface area contributed by atoms with Gasteiger partial charge in [0.2, 0.25) is 5.91 Å². The second kappa shape index (κ2) is 6.35. The summed E-state index contributed by atoms with van der Waals surface area (Å²) in [5.41, 5.74) is 0.764. The molecule has 1 amide bonds. The van der Waals surface area contributed by atoms with Crippen molar-refractivity contribution < 1.29 is 9.72 Å². The van der Waals surface area contributed by atoms with Crippen molar-refractivity contribution >= 4 is 22.9 Å². The van der Waals surface area contributed by atoms with Gasteiger partial charge in [-0.1, -0.05) is 0 Å². The number of amides is 1. The van der Waals surface area contributed by atoms with Crippen molar-refractivity contribution in [3.63, 3.8) is 0 Å². The number of carbonyl (C=O) groups excluding carboxylic acids is 1. The summed E-state index contributed by atoms with van der Waals surface area (Å²) in [4.78, 5) is 27.7. The molecule has 0 saturated carbocycles. The highest BCUT2D eigenvalue weighted by Crippen LogP contribution is 2.36. The number of nitro groups is 1. The molecule has 0 aliphatic carbocycles. The van der Waals surface area contributed by atoms with Crippen LogP contribution in [0.2, 0.25) is 0 Å². The van der Waals surface area contributed by atoms with E-state index in [2.05, 4.69) is 24.2 Å². The van der Waals surface area contributed by atoms with Gasteiger partial charge in [-0.3, -0.25) is 19.6 Å². The first-order valence-electron chi connectivity index (χ1n) is 7.92. The Hall–Kier alpha value is -2.22. The SMILES string of the molecule is Cc1ccc([C@@H]2CCCN2C(=O)Cn2nc(C)c([N+](=O)[O-])c2C)s1. The second-order valence-corrected chi connectivity index (χ2v) is 7.45. The zero-order chi connectivity index (χ0) is 17.4. The van der Waals surface area contributed by atoms with Gasteiger partial charge in [0.15, 0.2) is 0 Å². The highest BCUT2D eigenvalue weighted by atomic mass is 32.1. The third-order valence-electron chi connectivity index (χ3n) is 4.47. The van der Waals surface area contributed by atoms with Crippen molar-refractivity contribution in [3.05, 3.63) is 43.4 Å². The van der Waals surface area contributed by atoms with Crippen LogP contribution in [0.4, 0.5) is 5.69 Å². The summed E-state index contributed by atoms with van der Waals surface area (Å²) in [7, 11) is 0. The van der Waals surface area contributed by atoms with Gasteiger partial charge >= 0.3 is 5.69 Å². The molecule has 0 bridgehead atoms. The van der Waals surface area contributed by atoms with Gasteiger partial charge in [-0.15, -0.1) is 11.3 Å². The average Bonchev–Trinajstić information content (AvgIpc) is 3.19. The van der Waals surface area contributed by atoms with Crippen molar-refractivity contribution in [3.8, 4) is 0 Å². The zero-order valence-electron chi connectivity index (χ0n) is 14.0. The molecule has 0 N–H and O–H groups in total. The van der Waals surface area contributed by atoms with E-state index in [0.717, 1.165) is 19.4 Å². The lowest BCUT2D eigenvalue weighted by Gasteiger charge is -2.24. The first-order chi connectivity index (χ1) is 11.4. The maximum absolute atomic E-state index is 12.7. The van der Waals surface area contributed by atoms with E-state index in [1.807, 2.05) is 4.90 Å². The van der Waals surface area contributed by atoms with E-state index in [1.165, 1.54) is 14.4 Å². The van der Waals surface area contributed by atoms with Crippen molar-refractivity contribution in [2.75, 3.05) is 6.54 Å². The molecule has 1 aliphatic heterocycles. The lowest BCUT2D eigenvalue weighted by Crippen LogP contribution is -2.33. The molecule has 0 aromatic carbocycles. The van der Waals surface area contributed by atoms with E-state index in [-0.39, 0.29) is 24.2 Å². The first-order valence-corrected chi connectivity index (χ1v) is 8.74. The van der Waals surface area contributed by atoms with E-state index < -0.39 is 4.92 Å². The Morgan fingerprint density at radius 1 is 1.42 bits per heavy atom. The Morgan fingerprint density at radius 3 is 2.75 bits per heavy atom. The molecule has 8 heteroatoms. The highest BCUT2D eigenvalue weighted by Gasteiger charge is 2.32. The summed E-state index contributed by atoms with van der Waals surface area (Å²) in [6, 6.07) is 4.28. The fourth-order valence-corrected chi connectivity index (χ4v) is 4.34. The van der Waals surface area contributed by atoms with Crippen LogP contribution in [-0.4, -0.2) is 32.1 Å². The monoisotopic (exact) mass is 348 g/mol. The number of thiophene rings is 1. The number of likely N-dealkylation sites (tertiary alicyclic amines) is 1. The molecule has 1 fully saturated rings. The third kappa shape index (κ3) is 2.93. The number of carbonyl (C=O) groups is 1. The summed E-state index contributed by atoms with van der Waals surface area (Å²) in [5.74, 6) is -0.0379. The van der Waals surface area contributed by atoms with Gasteiger partial charge < -0.3 is 4.90 Å². The fourth-order valence-electron chi connectivity index (χ4n) is 3.32. The Balaban J connectivity index is 1.80. The van der Waals surface area contributed by atoms with Crippen molar-refractivity contribution in [2.24, 2.45) is 0 Å². The minimum atomic E-state index is -0.439. The number of hydrogen-bond acceptors (Lipinski definition) is 5. The zero-order valence-corrected chi connectivity index (χ0v) is 14.8. The van der Waals surface area contributed by atoms with Crippen LogP contribution in [0.25, 0.3) is 0 Å². The summed E-state index contributed by atoms with van der Waals surface area (Å²) in [6.07, 6.45) is 1.94. The quantitative estimate of drug-likeness (QED) is 0.628. The maximum Gasteiger partial charge on any atom is 0.312 e. The van der Waals surface area contributed by atoms with Gasteiger partial charge in [-0.25, -0.2) is 0 Å². The van der Waals surface area contributed by atoms with Gasteiger partial charge in [0.05, 0.1) is 11.0 Å². The van der Waals surface area contributed by atoms with Crippen molar-refractivity contribution in [2.45, 2.75) is 46.2 Å². The van der Waals surface area contributed by atoms with Crippen LogP contribution in [-0.2, 0) is 11.3 Å². The molecule has 2 aromatic heterocycles. The molecular formula is C16H20N4O3S. The van der Waals surface area contributed by atoms with Crippen LogP contribution in [0.5, 0.6) is 0 Å². The summed E-state index contributed by atoms with van der Waals surface area (Å²) in [6.45, 7) is 6.06. The van der Waals surface area contributed by atoms with Crippen LogP contribution < -0.4 is 0 Å². The molecule has 1 aliphatic rings. The first kappa shape index (κ1) is 16.6. The van der Waals surface area contributed by atoms with Gasteiger partial charge in [0.1, 0.15) is 17.9 Å². The number of nitrogens with zero attached hydrogens (tertiary/aromatic N) is 4. The van der Waals surface area contributed by atoms with E-state index in [9.17, 15) is 14.9 Å². The average molecular weight is 348 g/mol. The number of hydrogen-bond donors (Lipinski definition) is 0. The lowest BCUT2D eigenvalue weighted by atomic mass is 10.2. The normalized spacial score (nSPS) is 17.5. The summed E-state index contributed by atoms with van der Waals surface area (Å²) in [5, 5.41) is 15.3. The third-order valence-corrected chi connectivity index (χ3v) is 5.58. The highest BCUT2D eigenvalue weighted by molar-refractivity contribution is 7.12. The number of aromatic nitrogens is 2. The van der Waals surface area contributed by atoms with E-state index in [4.69, 9.17) is 0 Å². The van der Waals surface area contributed by atoms with Crippen LogP contribution in [0, 0.1) is 30.9 Å². The van der Waals surface area contributed by atoms with Crippen molar-refractivity contribution in [1.82, 2.24) is 14.7 Å². The minimum absolute atomic E-state index is 0.00495. The molecule has 3 rings (SSSR count). The molecule has 2 aromatic rings. The summed E-state index contributed by atoms with van der Waals surface area (Å²) >= 11 is 1.72. The molecule has 1 atom stereocenters. The van der Waals surface area contributed by atoms with Gasteiger partial charge in [-0.05, 0) is 45.7 Å². The van der Waals surface area contributed by atoms with E-state index >= 15 is 0 Å². The smallest absolute Gasteiger partial charge is 0.312 e. The molecular weight excluding hydrogens is 328 g/mol. The molecule has 3 heterocycles. The molecule has 24 heavy (non-hydrogen) atoms. The van der Waals surface area contributed by atoms with E-state index in [0.29, 0.717) is 11.4 Å². The lowest BCUT2D eigenvalue weighted by molar-refractivity contribution is -0.386. The predicted molar refractivity (Wildman–Crippen MR) is 91.1 cm³/mol. The number of aryl methyl sites for hydroxylation is 2. The topological polar surface area (TPSA) is 81.3 Å². The minimum Gasteiger partial charge on any atom is -0.333 e. The molecule has 0 spiro atoms. The standard InChI is InChI=1S/C16H20N4O3S/c1-10-6-7-14(24-10)13-5-4-8-18(13)15(21)9-19-12(3)16(20(22)23)11(2)17-19/h6-7,13H,4-5,8-9H2,1-3H3/t13-/m0/s1. The van der Waals surface area contributed by atoms with Crippen LogP contribution in [0.15, 0.2) is 12.1 Å². The Kier molecular flexibility index (Phi) is 4.40. The fraction of sp³-hybridized carbons (Fsp3) is 0.500. The Morgan fingerprint density at radius 2 is 2.17 bits per heavy atom. The summed E-state index contributed by atoms with van der Waals surface area (Å²) < 4.78 is 1.45. The molecule has 0 radical (unpaired) electrons. The van der Waals surface area contributed by atoms with Crippen molar-refractivity contribution in [1.29, 1.82) is 0 Å². The van der Waals surface area contributed by atoms with Crippen LogP contribution in [0.3, 0.4) is 0 Å². The van der Waals surface area contributed by atoms with Gasteiger partial charge in [0, 0.05) is 16.3 Å². The largest absolute Gasteiger partial charge is 0.333 e. The second-order valence-electron chi connectivity index (χ2n) is 6.13. The van der Waals surface area contributed by atoms with Gasteiger partial charge in [-0.2, -0.15) is 5.10 Å².